The summed E-state index contributed by atoms with van der Waals surface area (Å²) >= 11 is 1.28. The number of hydrogen-bond donors (Lipinski definition) is 2. The molecule has 0 spiro atoms. The average molecular weight is 340 g/mol. The highest BCUT2D eigenvalue weighted by Crippen LogP contribution is 2.36. The Hall–Kier alpha value is -2.54. The Bertz CT molecular complexity index is 958. The summed E-state index contributed by atoms with van der Waals surface area (Å²) in [7, 11) is 0. The second kappa shape index (κ2) is 6.16. The van der Waals surface area contributed by atoms with Gasteiger partial charge in [-0.2, -0.15) is 0 Å². The fourth-order valence-corrected chi connectivity index (χ4v) is 3.45. The molecule has 1 amide bonds. The number of nitrogens with one attached hydrogen (secondary N) is 2. The van der Waals surface area contributed by atoms with Crippen molar-refractivity contribution < 1.29 is 4.79 Å². The van der Waals surface area contributed by atoms with Crippen molar-refractivity contribution in [3.8, 4) is 0 Å². The second-order valence-electron chi connectivity index (χ2n) is 5.81. The summed E-state index contributed by atoms with van der Waals surface area (Å²) in [5.41, 5.74) is 0.566. The third kappa shape index (κ3) is 3.07. The van der Waals surface area contributed by atoms with Crippen molar-refractivity contribution in [2.45, 2.75) is 24.0 Å². The van der Waals surface area contributed by atoms with Crippen LogP contribution < -0.4 is 11.0 Å². The first-order chi connectivity index (χ1) is 11.7. The van der Waals surface area contributed by atoms with Gasteiger partial charge in [-0.25, -0.2) is 9.89 Å². The Morgan fingerprint density at radius 2 is 2.04 bits per heavy atom. The van der Waals surface area contributed by atoms with Crippen LogP contribution in [0.2, 0.25) is 0 Å². The number of rotatable bonds is 5. The Labute approximate surface area is 142 Å². The van der Waals surface area contributed by atoms with Crippen LogP contribution in [0.15, 0.2) is 52.4 Å². The monoisotopic (exact) mass is 340 g/mol. The van der Waals surface area contributed by atoms with E-state index in [-0.39, 0.29) is 23.4 Å². The number of thioether (sulfide) groups is 1. The van der Waals surface area contributed by atoms with Crippen LogP contribution in [0.3, 0.4) is 0 Å². The van der Waals surface area contributed by atoms with E-state index < -0.39 is 0 Å². The van der Waals surface area contributed by atoms with Gasteiger partial charge < -0.3 is 5.32 Å². The Balaban J connectivity index is 1.42. The molecule has 3 aromatic rings. The lowest BCUT2D eigenvalue weighted by molar-refractivity contribution is -0.113. The van der Waals surface area contributed by atoms with Gasteiger partial charge in [-0.3, -0.25) is 9.36 Å². The number of nitrogens with zero attached hydrogens (tertiary/aromatic N) is 2. The third-order valence-corrected chi connectivity index (χ3v) is 4.90. The van der Waals surface area contributed by atoms with Crippen molar-refractivity contribution in [2.75, 3.05) is 11.1 Å². The molecule has 1 fully saturated rings. The molecule has 2 N–H and O–H groups in total. The smallest absolute Gasteiger partial charge is 0.325 e. The molecular weight excluding hydrogens is 324 g/mol. The van der Waals surface area contributed by atoms with Crippen LogP contribution in [0.4, 0.5) is 5.69 Å². The van der Waals surface area contributed by atoms with Gasteiger partial charge in [0.2, 0.25) is 5.91 Å². The second-order valence-corrected chi connectivity index (χ2v) is 6.75. The van der Waals surface area contributed by atoms with Crippen LogP contribution in [0.5, 0.6) is 0 Å². The maximum atomic E-state index is 12.2. The van der Waals surface area contributed by atoms with Crippen LogP contribution in [-0.4, -0.2) is 26.4 Å². The summed E-state index contributed by atoms with van der Waals surface area (Å²) in [4.78, 5) is 23.9. The number of H-pyrrole nitrogens is 1. The zero-order valence-electron chi connectivity index (χ0n) is 12.9. The predicted molar refractivity (Wildman–Crippen MR) is 94.4 cm³/mol. The van der Waals surface area contributed by atoms with Crippen molar-refractivity contribution in [3.63, 3.8) is 0 Å². The number of hydrogen-bond acceptors (Lipinski definition) is 4. The molecule has 1 saturated carbocycles. The Morgan fingerprint density at radius 3 is 2.83 bits per heavy atom. The van der Waals surface area contributed by atoms with Crippen LogP contribution >= 0.6 is 11.8 Å². The fraction of sp³-hybridized carbons (Fsp3) is 0.235. The molecule has 4 rings (SSSR count). The molecule has 1 aromatic heterocycles. The molecule has 122 valence electrons. The highest BCUT2D eigenvalue weighted by molar-refractivity contribution is 7.99. The summed E-state index contributed by atoms with van der Waals surface area (Å²) in [6, 6.07) is 14.1. The van der Waals surface area contributed by atoms with E-state index in [4.69, 9.17) is 0 Å². The zero-order valence-corrected chi connectivity index (χ0v) is 13.7. The van der Waals surface area contributed by atoms with Gasteiger partial charge in [0, 0.05) is 11.7 Å². The number of fused-ring (bicyclic) bond motifs is 1. The van der Waals surface area contributed by atoms with E-state index in [2.05, 4.69) is 15.5 Å². The van der Waals surface area contributed by atoms with Gasteiger partial charge in [-0.1, -0.05) is 42.1 Å². The van der Waals surface area contributed by atoms with Gasteiger partial charge in [0.1, 0.15) is 0 Å². The Kier molecular flexibility index (Phi) is 3.86. The minimum absolute atomic E-state index is 0.118. The first-order valence-electron chi connectivity index (χ1n) is 7.79. The van der Waals surface area contributed by atoms with Crippen molar-refractivity contribution >= 4 is 34.1 Å². The van der Waals surface area contributed by atoms with E-state index in [9.17, 15) is 9.59 Å². The summed E-state index contributed by atoms with van der Waals surface area (Å²) in [5, 5.41) is 12.1. The number of anilines is 1. The largest absolute Gasteiger partial charge is 0.344 e. The lowest BCUT2D eigenvalue weighted by Crippen LogP contribution is -2.17. The van der Waals surface area contributed by atoms with E-state index in [0.29, 0.717) is 5.16 Å². The fourth-order valence-electron chi connectivity index (χ4n) is 2.64. The summed E-state index contributed by atoms with van der Waals surface area (Å²) < 4.78 is 1.65. The summed E-state index contributed by atoms with van der Waals surface area (Å²) in [6.07, 6.45) is 1.99. The van der Waals surface area contributed by atoms with E-state index in [1.54, 1.807) is 4.57 Å². The van der Waals surface area contributed by atoms with Gasteiger partial charge in [0.05, 0.1) is 5.75 Å². The van der Waals surface area contributed by atoms with Crippen molar-refractivity contribution in [1.82, 2.24) is 14.8 Å². The quantitative estimate of drug-likeness (QED) is 0.700. The first-order valence-corrected chi connectivity index (χ1v) is 8.77. The van der Waals surface area contributed by atoms with Crippen molar-refractivity contribution in [1.29, 1.82) is 0 Å². The average Bonchev–Trinajstić information content (AvgIpc) is 3.36. The van der Waals surface area contributed by atoms with Crippen LogP contribution in [0.25, 0.3) is 10.8 Å². The molecule has 2 aromatic carbocycles. The van der Waals surface area contributed by atoms with Crippen LogP contribution in [-0.2, 0) is 4.79 Å². The number of carbonyl (C=O) groups is 1. The molecular formula is C17H16N4O2S. The zero-order chi connectivity index (χ0) is 16.5. The van der Waals surface area contributed by atoms with Gasteiger partial charge in [0.15, 0.2) is 5.16 Å². The topological polar surface area (TPSA) is 79.8 Å². The molecule has 0 saturated heterocycles. The molecule has 0 atom stereocenters. The lowest BCUT2D eigenvalue weighted by Gasteiger charge is -2.07. The highest BCUT2D eigenvalue weighted by atomic mass is 32.2. The summed E-state index contributed by atoms with van der Waals surface area (Å²) in [6.45, 7) is 0. The van der Waals surface area contributed by atoms with Crippen LogP contribution in [0.1, 0.15) is 18.9 Å². The van der Waals surface area contributed by atoms with Gasteiger partial charge in [0.25, 0.3) is 0 Å². The van der Waals surface area contributed by atoms with Gasteiger partial charge in [-0.05, 0) is 35.7 Å². The molecule has 7 heteroatoms. The lowest BCUT2D eigenvalue weighted by atomic mass is 10.1. The predicted octanol–water partition coefficient (Wildman–Crippen LogP) is 2.79. The number of aromatic nitrogens is 3. The maximum absolute atomic E-state index is 12.2. The number of benzene rings is 2. The molecule has 0 radical (unpaired) electrons. The summed E-state index contributed by atoms with van der Waals surface area (Å²) in [5.74, 6) is 0.0946. The molecule has 1 aliphatic rings. The highest BCUT2D eigenvalue weighted by Gasteiger charge is 2.28. The van der Waals surface area contributed by atoms with E-state index >= 15 is 0 Å². The van der Waals surface area contributed by atoms with Gasteiger partial charge >= 0.3 is 5.69 Å². The minimum Gasteiger partial charge on any atom is -0.325 e. The van der Waals surface area contributed by atoms with Crippen molar-refractivity contribution in [3.05, 3.63) is 52.9 Å². The first kappa shape index (κ1) is 15.0. The third-order valence-electron chi connectivity index (χ3n) is 3.95. The molecule has 1 aliphatic carbocycles. The SMILES string of the molecule is O=C(CSc1n[nH]c(=O)n1C1CC1)Nc1ccc2ccccc2c1. The van der Waals surface area contributed by atoms with E-state index in [1.165, 1.54) is 11.8 Å². The molecule has 1 heterocycles. The number of amides is 1. The van der Waals surface area contributed by atoms with E-state index in [1.807, 2.05) is 42.5 Å². The van der Waals surface area contributed by atoms with Crippen molar-refractivity contribution in [2.24, 2.45) is 0 Å². The Morgan fingerprint density at radius 1 is 1.25 bits per heavy atom. The number of aromatic amines is 1. The minimum atomic E-state index is -0.199. The van der Waals surface area contributed by atoms with E-state index in [0.717, 1.165) is 29.3 Å². The molecule has 6 nitrogen and oxygen atoms in total. The standard InChI is InChI=1S/C17H16N4O2S/c22-15(10-24-17-20-19-16(23)21(17)14-7-8-14)18-13-6-5-11-3-1-2-4-12(11)9-13/h1-6,9,14H,7-8,10H2,(H,18,22)(H,19,23). The molecule has 0 bridgehead atoms. The van der Waals surface area contributed by atoms with Gasteiger partial charge in [-0.15, -0.1) is 5.10 Å². The van der Waals surface area contributed by atoms with Crippen LogP contribution in [0, 0.1) is 0 Å². The normalized spacial score (nSPS) is 14.0. The maximum Gasteiger partial charge on any atom is 0.344 e. The molecule has 24 heavy (non-hydrogen) atoms. The molecule has 0 unspecified atom stereocenters. The number of carbonyl (C=O) groups excluding carboxylic acids is 1. The molecule has 0 aliphatic heterocycles.